The van der Waals surface area contributed by atoms with Crippen LogP contribution < -0.4 is 5.32 Å². The maximum absolute atomic E-state index is 14.0. The molecule has 29 heavy (non-hydrogen) atoms. The number of likely N-dealkylation sites (N-methyl/N-ethyl adjacent to an activating group) is 1. The summed E-state index contributed by atoms with van der Waals surface area (Å²) in [6, 6.07) is 12.5. The largest absolute Gasteiger partial charge is 0.340 e. The first-order chi connectivity index (χ1) is 13.8. The van der Waals surface area contributed by atoms with Crippen molar-refractivity contribution in [2.24, 2.45) is 0 Å². The molecule has 1 heterocycles. The van der Waals surface area contributed by atoms with Crippen molar-refractivity contribution in [1.82, 2.24) is 15.1 Å². The lowest BCUT2D eigenvalue weighted by Crippen LogP contribution is -2.45. The van der Waals surface area contributed by atoms with Crippen LogP contribution in [-0.2, 0) is 21.7 Å². The van der Waals surface area contributed by atoms with Gasteiger partial charge in [-0.25, -0.2) is 9.18 Å². The lowest BCUT2D eigenvalue weighted by atomic mass is 9.87. The quantitative estimate of drug-likeness (QED) is 0.733. The average molecular weight is 418 g/mol. The highest BCUT2D eigenvalue weighted by Gasteiger charge is 2.51. The summed E-state index contributed by atoms with van der Waals surface area (Å²) in [6.07, 6.45) is 0.340. The second-order valence-corrected chi connectivity index (χ2v) is 7.30. The highest BCUT2D eigenvalue weighted by atomic mass is 35.5. The van der Waals surface area contributed by atoms with Crippen molar-refractivity contribution in [1.29, 1.82) is 0 Å². The van der Waals surface area contributed by atoms with E-state index in [1.165, 1.54) is 30.1 Å². The molecule has 152 valence electrons. The van der Waals surface area contributed by atoms with Gasteiger partial charge in [0.2, 0.25) is 5.91 Å². The van der Waals surface area contributed by atoms with E-state index in [0.717, 1.165) is 4.90 Å². The van der Waals surface area contributed by atoms with Crippen molar-refractivity contribution in [3.63, 3.8) is 0 Å². The Morgan fingerprint density at radius 2 is 1.86 bits per heavy atom. The first kappa shape index (κ1) is 20.8. The van der Waals surface area contributed by atoms with Gasteiger partial charge in [0.15, 0.2) is 0 Å². The van der Waals surface area contributed by atoms with Crippen LogP contribution in [0.25, 0.3) is 0 Å². The smallest absolute Gasteiger partial charge is 0.325 e. The minimum absolute atomic E-state index is 0.0778. The Balaban J connectivity index is 1.77. The van der Waals surface area contributed by atoms with Crippen LogP contribution in [0, 0.1) is 5.82 Å². The summed E-state index contributed by atoms with van der Waals surface area (Å²) < 4.78 is 14.0. The number of carbonyl (C=O) groups is 3. The van der Waals surface area contributed by atoms with Crippen LogP contribution in [0.4, 0.5) is 9.18 Å². The van der Waals surface area contributed by atoms with Crippen molar-refractivity contribution >= 4 is 29.4 Å². The Morgan fingerprint density at radius 3 is 2.48 bits per heavy atom. The molecule has 1 fully saturated rings. The van der Waals surface area contributed by atoms with E-state index >= 15 is 0 Å². The van der Waals surface area contributed by atoms with E-state index in [2.05, 4.69) is 5.32 Å². The van der Waals surface area contributed by atoms with Crippen molar-refractivity contribution < 1.29 is 18.8 Å². The van der Waals surface area contributed by atoms with E-state index in [1.54, 1.807) is 31.2 Å². The van der Waals surface area contributed by atoms with Crippen LogP contribution in [0.3, 0.4) is 0 Å². The fourth-order valence-corrected chi connectivity index (χ4v) is 3.62. The van der Waals surface area contributed by atoms with Crippen molar-refractivity contribution in [2.75, 3.05) is 13.6 Å². The molecule has 6 nitrogen and oxygen atoms in total. The number of nitrogens with one attached hydrogen (secondary N) is 1. The third-order valence-corrected chi connectivity index (χ3v) is 5.50. The highest BCUT2D eigenvalue weighted by Crippen LogP contribution is 2.32. The molecule has 1 saturated heterocycles. The van der Waals surface area contributed by atoms with Gasteiger partial charge in [-0.15, -0.1) is 0 Å². The molecule has 2 aromatic rings. The van der Waals surface area contributed by atoms with Gasteiger partial charge in [-0.05, 0) is 24.1 Å². The molecule has 1 N–H and O–H groups in total. The summed E-state index contributed by atoms with van der Waals surface area (Å²) in [5.74, 6) is -1.52. The number of halogens is 2. The zero-order valence-electron chi connectivity index (χ0n) is 16.1. The van der Waals surface area contributed by atoms with E-state index in [0.29, 0.717) is 12.0 Å². The summed E-state index contributed by atoms with van der Waals surface area (Å²) >= 11 is 6.01. The maximum Gasteiger partial charge on any atom is 0.325 e. The molecule has 4 amide bonds. The topological polar surface area (TPSA) is 69.7 Å². The number of urea groups is 1. The van der Waals surface area contributed by atoms with Gasteiger partial charge in [0.25, 0.3) is 5.91 Å². The van der Waals surface area contributed by atoms with E-state index < -0.39 is 35.7 Å². The molecule has 1 aliphatic rings. The second-order valence-electron chi connectivity index (χ2n) is 6.90. The lowest BCUT2D eigenvalue weighted by Gasteiger charge is -2.26. The Kier molecular flexibility index (Phi) is 5.88. The third-order valence-electron chi connectivity index (χ3n) is 5.15. The SMILES string of the molecule is CC[C@]1(c2ccccc2)NC(=O)N(CC(=O)N(C)Cc2c(F)cccc2Cl)C1=O. The Morgan fingerprint density at radius 1 is 1.17 bits per heavy atom. The van der Waals surface area contributed by atoms with Crippen LogP contribution in [0.15, 0.2) is 48.5 Å². The van der Waals surface area contributed by atoms with Gasteiger partial charge in [-0.2, -0.15) is 0 Å². The van der Waals surface area contributed by atoms with Gasteiger partial charge in [0.05, 0.1) is 0 Å². The molecule has 8 heteroatoms. The predicted octanol–water partition coefficient (Wildman–Crippen LogP) is 3.29. The fraction of sp³-hybridized carbons (Fsp3) is 0.286. The summed E-state index contributed by atoms with van der Waals surface area (Å²) in [4.78, 5) is 40.4. The standard InChI is InChI=1S/C21H21ClFN3O3/c1-3-21(14-8-5-4-6-9-14)19(28)26(20(29)24-21)13-18(27)25(2)12-15-16(22)10-7-11-17(15)23/h4-11H,3,12-13H2,1-2H3,(H,24,29)/t21-/m1/s1. The zero-order chi connectivity index (χ0) is 21.2. The molecule has 0 spiro atoms. The summed E-state index contributed by atoms with van der Waals surface area (Å²) in [7, 11) is 1.47. The molecule has 0 aliphatic carbocycles. The molecule has 0 radical (unpaired) electrons. The van der Waals surface area contributed by atoms with Crippen molar-refractivity contribution in [3.8, 4) is 0 Å². The normalized spacial score (nSPS) is 18.7. The van der Waals surface area contributed by atoms with Crippen LogP contribution >= 0.6 is 11.6 Å². The molecule has 3 rings (SSSR count). The molecule has 1 atom stereocenters. The summed E-state index contributed by atoms with van der Waals surface area (Å²) in [5.41, 5.74) is -0.372. The van der Waals surface area contributed by atoms with E-state index in [4.69, 9.17) is 11.6 Å². The fourth-order valence-electron chi connectivity index (χ4n) is 3.40. The molecular formula is C21H21ClFN3O3. The first-order valence-electron chi connectivity index (χ1n) is 9.16. The monoisotopic (exact) mass is 417 g/mol. The first-order valence-corrected chi connectivity index (χ1v) is 9.54. The minimum atomic E-state index is -1.20. The minimum Gasteiger partial charge on any atom is -0.340 e. The molecule has 2 aromatic carbocycles. The van der Waals surface area contributed by atoms with Crippen LogP contribution in [0.1, 0.15) is 24.5 Å². The van der Waals surface area contributed by atoms with E-state index in [1.807, 2.05) is 6.07 Å². The molecule has 0 aromatic heterocycles. The van der Waals surface area contributed by atoms with Crippen LogP contribution in [0.5, 0.6) is 0 Å². The highest BCUT2D eigenvalue weighted by molar-refractivity contribution is 6.31. The number of rotatable bonds is 6. The maximum atomic E-state index is 14.0. The van der Waals surface area contributed by atoms with E-state index in [9.17, 15) is 18.8 Å². The summed E-state index contributed by atoms with van der Waals surface area (Å²) in [5, 5.41) is 2.93. The number of hydrogen-bond donors (Lipinski definition) is 1. The Labute approximate surface area is 173 Å². The van der Waals surface area contributed by atoms with Gasteiger partial charge >= 0.3 is 6.03 Å². The van der Waals surface area contributed by atoms with Crippen molar-refractivity contribution in [2.45, 2.75) is 25.4 Å². The number of imide groups is 1. The number of hydrogen-bond acceptors (Lipinski definition) is 3. The Hall–Kier alpha value is -2.93. The Bertz CT molecular complexity index is 933. The molecule has 0 unspecified atom stereocenters. The van der Waals surface area contributed by atoms with Gasteiger partial charge in [-0.1, -0.05) is 54.9 Å². The van der Waals surface area contributed by atoms with Crippen LogP contribution in [0.2, 0.25) is 5.02 Å². The third kappa shape index (κ3) is 3.82. The number of carbonyl (C=O) groups excluding carboxylic acids is 3. The van der Waals surface area contributed by atoms with Gasteiger partial charge in [-0.3, -0.25) is 14.5 Å². The molecule has 0 bridgehead atoms. The van der Waals surface area contributed by atoms with E-state index in [-0.39, 0.29) is 17.1 Å². The second kappa shape index (κ2) is 8.21. The van der Waals surface area contributed by atoms with Crippen LogP contribution in [-0.4, -0.2) is 41.2 Å². The average Bonchev–Trinajstić information content (AvgIpc) is 2.96. The lowest BCUT2D eigenvalue weighted by molar-refractivity contribution is -0.138. The van der Waals surface area contributed by atoms with Gasteiger partial charge < -0.3 is 10.2 Å². The predicted molar refractivity (Wildman–Crippen MR) is 107 cm³/mol. The molecule has 1 aliphatic heterocycles. The molecular weight excluding hydrogens is 397 g/mol. The number of nitrogens with zero attached hydrogens (tertiary/aromatic N) is 2. The summed E-state index contributed by atoms with van der Waals surface area (Å²) in [6.45, 7) is 1.27. The van der Waals surface area contributed by atoms with Gasteiger partial charge in [0, 0.05) is 24.2 Å². The zero-order valence-corrected chi connectivity index (χ0v) is 16.9. The molecule has 0 saturated carbocycles. The van der Waals surface area contributed by atoms with Crippen molar-refractivity contribution in [3.05, 3.63) is 70.5 Å². The number of amides is 4. The number of benzene rings is 2. The van der Waals surface area contributed by atoms with Gasteiger partial charge in [0.1, 0.15) is 17.9 Å².